The van der Waals surface area contributed by atoms with E-state index in [1.54, 1.807) is 24.3 Å². The summed E-state index contributed by atoms with van der Waals surface area (Å²) in [6.07, 6.45) is 0. The minimum absolute atomic E-state index is 0.104. The standard InChI is InChI=1S/C18H15FN4O3S2/c1-26-14-5-3-2-4-13(14)16(25)21-17-22-23-18(28-17)27-10-15(24)20-12-8-6-11(19)7-9-12/h2-9H,10H2,1H3,(H,20,24)(H,21,22,25). The van der Waals surface area contributed by atoms with Crippen molar-refractivity contribution in [3.05, 3.63) is 59.9 Å². The zero-order valence-corrected chi connectivity index (χ0v) is 16.3. The van der Waals surface area contributed by atoms with Gasteiger partial charge in [-0.1, -0.05) is 35.2 Å². The highest BCUT2D eigenvalue weighted by Gasteiger charge is 2.15. The number of halogens is 1. The van der Waals surface area contributed by atoms with Crippen LogP contribution in [0.25, 0.3) is 0 Å². The van der Waals surface area contributed by atoms with E-state index in [1.165, 1.54) is 43.1 Å². The number of ether oxygens (including phenoxy) is 1. The third-order valence-corrected chi connectivity index (χ3v) is 5.41. The van der Waals surface area contributed by atoms with Crippen molar-refractivity contribution in [3.8, 4) is 5.75 Å². The Morgan fingerprint density at radius 1 is 1.11 bits per heavy atom. The van der Waals surface area contributed by atoms with Crippen LogP contribution < -0.4 is 15.4 Å². The van der Waals surface area contributed by atoms with E-state index in [9.17, 15) is 14.0 Å². The van der Waals surface area contributed by atoms with Crippen molar-refractivity contribution >= 4 is 45.7 Å². The smallest absolute Gasteiger partial charge is 0.261 e. The predicted octanol–water partition coefficient (Wildman–Crippen LogP) is 3.67. The number of rotatable bonds is 7. The summed E-state index contributed by atoms with van der Waals surface area (Å²) in [4.78, 5) is 24.3. The number of nitrogens with zero attached hydrogens (tertiary/aromatic N) is 2. The number of para-hydroxylation sites is 1. The van der Waals surface area contributed by atoms with Crippen LogP contribution in [0.4, 0.5) is 15.2 Å². The molecule has 28 heavy (non-hydrogen) atoms. The molecule has 0 atom stereocenters. The molecular weight excluding hydrogens is 403 g/mol. The van der Waals surface area contributed by atoms with Gasteiger partial charge in [0.25, 0.3) is 5.91 Å². The van der Waals surface area contributed by atoms with Crippen molar-refractivity contribution in [2.24, 2.45) is 0 Å². The number of nitrogens with one attached hydrogen (secondary N) is 2. The molecule has 0 fully saturated rings. The lowest BCUT2D eigenvalue weighted by atomic mass is 10.2. The van der Waals surface area contributed by atoms with Crippen LogP contribution >= 0.6 is 23.1 Å². The van der Waals surface area contributed by atoms with E-state index in [4.69, 9.17) is 4.74 Å². The van der Waals surface area contributed by atoms with Crippen molar-refractivity contribution < 1.29 is 18.7 Å². The average molecular weight is 418 g/mol. The van der Waals surface area contributed by atoms with E-state index in [1.807, 2.05) is 0 Å². The quantitative estimate of drug-likeness (QED) is 0.449. The molecule has 0 aliphatic rings. The molecule has 7 nitrogen and oxygen atoms in total. The molecule has 0 radical (unpaired) electrons. The molecule has 144 valence electrons. The Morgan fingerprint density at radius 2 is 1.86 bits per heavy atom. The van der Waals surface area contributed by atoms with Gasteiger partial charge in [0.2, 0.25) is 11.0 Å². The van der Waals surface area contributed by atoms with Gasteiger partial charge in [0, 0.05) is 5.69 Å². The van der Waals surface area contributed by atoms with Gasteiger partial charge >= 0.3 is 0 Å². The summed E-state index contributed by atoms with van der Waals surface area (Å²) in [6, 6.07) is 12.3. The monoisotopic (exact) mass is 418 g/mol. The molecule has 0 spiro atoms. The van der Waals surface area contributed by atoms with Crippen LogP contribution in [0.2, 0.25) is 0 Å². The SMILES string of the molecule is COc1ccccc1C(=O)Nc1nnc(SCC(=O)Nc2ccc(F)cc2)s1. The lowest BCUT2D eigenvalue weighted by Gasteiger charge is -2.06. The average Bonchev–Trinajstić information content (AvgIpc) is 3.15. The second kappa shape index (κ2) is 9.29. The number of methoxy groups -OCH3 is 1. The van der Waals surface area contributed by atoms with E-state index >= 15 is 0 Å². The van der Waals surface area contributed by atoms with E-state index in [-0.39, 0.29) is 23.4 Å². The largest absolute Gasteiger partial charge is 0.496 e. The third kappa shape index (κ3) is 5.27. The van der Waals surface area contributed by atoms with Crippen LogP contribution in [0.3, 0.4) is 0 Å². The Labute approximate surface area is 168 Å². The van der Waals surface area contributed by atoms with E-state index in [0.29, 0.717) is 26.5 Å². The zero-order chi connectivity index (χ0) is 19.9. The summed E-state index contributed by atoms with van der Waals surface area (Å²) in [5.74, 6) is -0.432. The van der Waals surface area contributed by atoms with Crippen LogP contribution in [-0.2, 0) is 4.79 Å². The van der Waals surface area contributed by atoms with Crippen molar-refractivity contribution in [1.29, 1.82) is 0 Å². The highest BCUT2D eigenvalue weighted by molar-refractivity contribution is 8.01. The van der Waals surface area contributed by atoms with Gasteiger partial charge in [-0.05, 0) is 36.4 Å². The minimum atomic E-state index is -0.371. The van der Waals surface area contributed by atoms with Crippen molar-refractivity contribution in [2.75, 3.05) is 23.5 Å². The van der Waals surface area contributed by atoms with Gasteiger partial charge in [0.15, 0.2) is 4.34 Å². The minimum Gasteiger partial charge on any atom is -0.496 e. The fourth-order valence-electron chi connectivity index (χ4n) is 2.17. The second-order valence-electron chi connectivity index (χ2n) is 5.37. The fraction of sp³-hybridized carbons (Fsp3) is 0.111. The van der Waals surface area contributed by atoms with E-state index in [0.717, 1.165) is 11.3 Å². The maximum atomic E-state index is 12.9. The Balaban J connectivity index is 1.53. The molecule has 2 aromatic carbocycles. The van der Waals surface area contributed by atoms with Gasteiger partial charge in [-0.3, -0.25) is 14.9 Å². The molecule has 0 bridgehead atoms. The summed E-state index contributed by atoms with van der Waals surface area (Å²) in [7, 11) is 1.49. The van der Waals surface area contributed by atoms with Crippen LogP contribution in [0.1, 0.15) is 10.4 Å². The summed E-state index contributed by atoms with van der Waals surface area (Å²) in [6.45, 7) is 0. The molecule has 1 aromatic heterocycles. The molecule has 0 aliphatic carbocycles. The first-order valence-electron chi connectivity index (χ1n) is 8.01. The summed E-state index contributed by atoms with van der Waals surface area (Å²) < 4.78 is 18.6. The lowest BCUT2D eigenvalue weighted by molar-refractivity contribution is -0.113. The van der Waals surface area contributed by atoms with Crippen molar-refractivity contribution in [3.63, 3.8) is 0 Å². The molecule has 2 N–H and O–H groups in total. The Kier molecular flexibility index (Phi) is 6.56. The number of carbonyl (C=O) groups is 2. The molecule has 10 heteroatoms. The van der Waals surface area contributed by atoms with Crippen LogP contribution in [0.15, 0.2) is 52.9 Å². The van der Waals surface area contributed by atoms with Crippen molar-refractivity contribution in [1.82, 2.24) is 10.2 Å². The van der Waals surface area contributed by atoms with Gasteiger partial charge < -0.3 is 10.1 Å². The molecule has 2 amide bonds. The molecular formula is C18H15FN4O3S2. The molecule has 0 saturated heterocycles. The first-order valence-corrected chi connectivity index (χ1v) is 9.81. The molecule has 0 saturated carbocycles. The maximum absolute atomic E-state index is 12.9. The number of hydrogen-bond acceptors (Lipinski definition) is 7. The molecule has 0 unspecified atom stereocenters. The highest BCUT2D eigenvalue weighted by Crippen LogP contribution is 2.27. The van der Waals surface area contributed by atoms with Crippen LogP contribution in [-0.4, -0.2) is 34.9 Å². The number of anilines is 2. The molecule has 3 aromatic rings. The number of aromatic nitrogens is 2. The number of carbonyl (C=O) groups excluding carboxylic acids is 2. The number of thioether (sulfide) groups is 1. The number of benzene rings is 2. The van der Waals surface area contributed by atoms with Crippen LogP contribution in [0.5, 0.6) is 5.75 Å². The second-order valence-corrected chi connectivity index (χ2v) is 7.57. The van der Waals surface area contributed by atoms with Crippen LogP contribution in [0, 0.1) is 5.82 Å². The highest BCUT2D eigenvalue weighted by atomic mass is 32.2. The van der Waals surface area contributed by atoms with Gasteiger partial charge in [-0.2, -0.15) is 0 Å². The first-order chi connectivity index (χ1) is 13.5. The number of hydrogen-bond donors (Lipinski definition) is 2. The lowest BCUT2D eigenvalue weighted by Crippen LogP contribution is -2.13. The third-order valence-electron chi connectivity index (χ3n) is 3.43. The van der Waals surface area contributed by atoms with E-state index < -0.39 is 0 Å². The molecule has 0 aliphatic heterocycles. The van der Waals surface area contributed by atoms with Gasteiger partial charge in [0.05, 0.1) is 18.4 Å². The molecule has 3 rings (SSSR count). The Bertz CT molecular complexity index is 979. The predicted molar refractivity (Wildman–Crippen MR) is 107 cm³/mol. The summed E-state index contributed by atoms with van der Waals surface area (Å²) >= 11 is 2.34. The normalized spacial score (nSPS) is 10.4. The Hall–Kier alpha value is -2.98. The zero-order valence-electron chi connectivity index (χ0n) is 14.6. The Morgan fingerprint density at radius 3 is 2.61 bits per heavy atom. The summed E-state index contributed by atoms with van der Waals surface area (Å²) in [5.41, 5.74) is 0.891. The van der Waals surface area contributed by atoms with Gasteiger partial charge in [0.1, 0.15) is 11.6 Å². The topological polar surface area (TPSA) is 93.2 Å². The van der Waals surface area contributed by atoms with E-state index in [2.05, 4.69) is 20.8 Å². The summed E-state index contributed by atoms with van der Waals surface area (Å²) in [5, 5.41) is 13.5. The fourth-order valence-corrected chi connectivity index (χ4v) is 3.72. The van der Waals surface area contributed by atoms with Gasteiger partial charge in [-0.25, -0.2) is 4.39 Å². The number of amides is 2. The maximum Gasteiger partial charge on any atom is 0.261 e. The van der Waals surface area contributed by atoms with Crippen molar-refractivity contribution in [2.45, 2.75) is 4.34 Å². The van der Waals surface area contributed by atoms with Gasteiger partial charge in [-0.15, -0.1) is 10.2 Å². The molecule has 1 heterocycles. The first kappa shape index (κ1) is 19.8.